The van der Waals surface area contributed by atoms with Gasteiger partial charge in [-0.15, -0.1) is 0 Å². The molecule has 3 heteroatoms. The van der Waals surface area contributed by atoms with Crippen LogP contribution >= 0.6 is 0 Å². The van der Waals surface area contributed by atoms with Gasteiger partial charge in [-0.3, -0.25) is 0 Å². The molecule has 0 bridgehead atoms. The van der Waals surface area contributed by atoms with Gasteiger partial charge in [0.05, 0.1) is 16.8 Å². The van der Waals surface area contributed by atoms with Crippen LogP contribution in [0.15, 0.2) is 188 Å². The molecule has 8 aromatic rings. The van der Waals surface area contributed by atoms with Gasteiger partial charge in [0.2, 0.25) is 0 Å². The van der Waals surface area contributed by atoms with E-state index in [0.717, 1.165) is 57.1 Å². The van der Waals surface area contributed by atoms with Crippen molar-refractivity contribution in [3.8, 4) is 56.5 Å². The first-order valence-electron chi connectivity index (χ1n) is 19.1. The predicted octanol–water partition coefficient (Wildman–Crippen LogP) is 13.1. The predicted molar refractivity (Wildman–Crippen MR) is 224 cm³/mol. The maximum atomic E-state index is 6.74. The fourth-order valence-electron chi connectivity index (χ4n) is 9.24. The van der Waals surface area contributed by atoms with E-state index in [2.05, 4.69) is 183 Å². The van der Waals surface area contributed by atoms with Crippen molar-refractivity contribution in [1.82, 2.24) is 9.97 Å². The van der Waals surface area contributed by atoms with Crippen molar-refractivity contribution in [3.05, 3.63) is 210 Å². The summed E-state index contributed by atoms with van der Waals surface area (Å²) in [5.41, 5.74) is 14.5. The summed E-state index contributed by atoms with van der Waals surface area (Å²) >= 11 is 0. The lowest BCUT2D eigenvalue weighted by Crippen LogP contribution is -2.33. The summed E-state index contributed by atoms with van der Waals surface area (Å²) < 4.78 is 6.74. The number of para-hydroxylation sites is 1. The molecule has 11 rings (SSSR count). The fraction of sp³-hybridized carbons (Fsp3) is 0.0769. The van der Waals surface area contributed by atoms with Gasteiger partial charge < -0.3 is 4.74 Å². The van der Waals surface area contributed by atoms with Crippen LogP contribution in [0.3, 0.4) is 0 Å². The summed E-state index contributed by atoms with van der Waals surface area (Å²) in [6.45, 7) is 2.31. The molecule has 7 aromatic carbocycles. The molecule has 0 N–H and O–H groups in total. The third-order valence-corrected chi connectivity index (χ3v) is 11.7. The quantitative estimate of drug-likeness (QED) is 0.183. The average molecular weight is 705 g/mol. The van der Waals surface area contributed by atoms with Crippen LogP contribution < -0.4 is 4.74 Å². The Balaban J connectivity index is 1.09. The first kappa shape index (κ1) is 31.7. The molecule has 2 aliphatic carbocycles. The number of aromatic nitrogens is 2. The average Bonchev–Trinajstić information content (AvgIpc) is 3.53. The molecule has 2 atom stereocenters. The van der Waals surface area contributed by atoms with Crippen molar-refractivity contribution in [2.24, 2.45) is 5.92 Å². The largest absolute Gasteiger partial charge is 0.457 e. The molecule has 1 spiro atoms. The van der Waals surface area contributed by atoms with Crippen LogP contribution in [0.25, 0.3) is 61.4 Å². The van der Waals surface area contributed by atoms with E-state index in [0.29, 0.717) is 11.7 Å². The number of fused-ring (bicyclic) bond motifs is 9. The van der Waals surface area contributed by atoms with E-state index < -0.39 is 5.41 Å². The van der Waals surface area contributed by atoms with Gasteiger partial charge >= 0.3 is 0 Å². The Morgan fingerprint density at radius 2 is 1.20 bits per heavy atom. The van der Waals surface area contributed by atoms with Gasteiger partial charge in [-0.2, -0.15) is 0 Å². The minimum Gasteiger partial charge on any atom is -0.457 e. The Labute approximate surface area is 321 Å². The molecular weight excluding hydrogens is 669 g/mol. The summed E-state index contributed by atoms with van der Waals surface area (Å²) in [6, 6.07) is 60.4. The van der Waals surface area contributed by atoms with Crippen LogP contribution in [-0.2, 0) is 5.41 Å². The van der Waals surface area contributed by atoms with E-state index in [1.165, 1.54) is 44.2 Å². The summed E-state index contributed by atoms with van der Waals surface area (Å²) in [4.78, 5) is 10.5. The monoisotopic (exact) mass is 704 g/mol. The summed E-state index contributed by atoms with van der Waals surface area (Å²) in [5.74, 6) is 2.98. The van der Waals surface area contributed by atoms with Crippen LogP contribution in [0, 0.1) is 5.92 Å². The smallest absolute Gasteiger partial charge is 0.160 e. The molecule has 1 aromatic heterocycles. The third kappa shape index (κ3) is 4.90. The second-order valence-corrected chi connectivity index (χ2v) is 15.0. The van der Waals surface area contributed by atoms with Crippen molar-refractivity contribution >= 4 is 16.3 Å². The first-order valence-corrected chi connectivity index (χ1v) is 19.1. The highest BCUT2D eigenvalue weighted by molar-refractivity contribution is 5.96. The molecule has 0 saturated heterocycles. The van der Waals surface area contributed by atoms with E-state index in [1.807, 2.05) is 6.07 Å². The lowest BCUT2D eigenvalue weighted by molar-refractivity contribution is 0.435. The van der Waals surface area contributed by atoms with E-state index in [4.69, 9.17) is 14.7 Å². The molecule has 2 unspecified atom stereocenters. The molecule has 3 aliphatic rings. The number of rotatable bonds is 4. The number of ether oxygens (including phenoxy) is 1. The Hall–Kier alpha value is -6.84. The van der Waals surface area contributed by atoms with Crippen molar-refractivity contribution in [1.29, 1.82) is 0 Å². The van der Waals surface area contributed by atoms with Gasteiger partial charge in [-0.1, -0.05) is 159 Å². The normalized spacial score (nSPS) is 17.7. The van der Waals surface area contributed by atoms with Crippen LogP contribution in [0.5, 0.6) is 11.5 Å². The maximum Gasteiger partial charge on any atom is 0.160 e. The number of nitrogens with zero attached hydrogens (tertiary/aromatic N) is 2. The number of allylic oxidation sites excluding steroid dienone is 4. The Kier molecular flexibility index (Phi) is 7.12. The van der Waals surface area contributed by atoms with Gasteiger partial charge in [0.25, 0.3) is 0 Å². The zero-order valence-electron chi connectivity index (χ0n) is 30.4. The molecule has 0 fully saturated rings. The zero-order chi connectivity index (χ0) is 36.5. The highest BCUT2D eigenvalue weighted by atomic mass is 16.5. The Bertz CT molecular complexity index is 2900. The van der Waals surface area contributed by atoms with E-state index >= 15 is 0 Å². The van der Waals surface area contributed by atoms with Crippen LogP contribution in [0.4, 0.5) is 0 Å². The highest BCUT2D eigenvalue weighted by Crippen LogP contribution is 2.63. The lowest BCUT2D eigenvalue weighted by atomic mass is 9.64. The minimum absolute atomic E-state index is 0.481. The first-order chi connectivity index (χ1) is 27.1. The SMILES string of the molecule is CC1C=CC2=C(C1)c1ccccc1C21c2ccccc2Oc2ccc(-c3cccc(-c4nc(-c5ccccc5)cc(-c5cccc6ccccc56)n4)c3)cc21. The standard InChI is InChI=1S/C52H36N2O/c1-33-25-27-44-42(29-33)40-20-7-8-22-43(40)52(44)45-23-9-10-24-49(45)55-50-28-26-37(31-46(50)52)36-17-11-18-38(30-36)51-53-47(35-14-3-2-4-15-35)32-48(54-51)41-21-12-16-34-13-5-6-19-39(34)41/h2-28,30-33H,29H2,1H3. The van der Waals surface area contributed by atoms with Gasteiger partial charge in [-0.25, -0.2) is 9.97 Å². The molecule has 1 aliphatic heterocycles. The molecule has 3 nitrogen and oxygen atoms in total. The molecule has 0 radical (unpaired) electrons. The topological polar surface area (TPSA) is 35.0 Å². The number of hydrogen-bond acceptors (Lipinski definition) is 3. The van der Waals surface area contributed by atoms with Crippen molar-refractivity contribution in [3.63, 3.8) is 0 Å². The Morgan fingerprint density at radius 3 is 2.13 bits per heavy atom. The molecule has 260 valence electrons. The fourth-order valence-corrected chi connectivity index (χ4v) is 9.24. The van der Waals surface area contributed by atoms with Gasteiger partial charge in [-0.05, 0) is 86.8 Å². The minimum atomic E-state index is -0.485. The Morgan fingerprint density at radius 1 is 0.527 bits per heavy atom. The second-order valence-electron chi connectivity index (χ2n) is 15.0. The lowest BCUT2D eigenvalue weighted by Gasteiger charge is -2.40. The van der Waals surface area contributed by atoms with Gasteiger partial charge in [0, 0.05) is 27.8 Å². The molecule has 55 heavy (non-hydrogen) atoms. The second kappa shape index (κ2) is 12.4. The van der Waals surface area contributed by atoms with Gasteiger partial charge in [0.1, 0.15) is 11.5 Å². The maximum absolute atomic E-state index is 6.74. The highest BCUT2D eigenvalue weighted by Gasteiger charge is 2.52. The molecule has 0 saturated carbocycles. The number of hydrogen-bond donors (Lipinski definition) is 0. The third-order valence-electron chi connectivity index (χ3n) is 11.7. The van der Waals surface area contributed by atoms with Crippen LogP contribution in [0.1, 0.15) is 35.6 Å². The van der Waals surface area contributed by atoms with Crippen LogP contribution in [0.2, 0.25) is 0 Å². The summed E-state index contributed by atoms with van der Waals surface area (Å²) in [6.07, 6.45) is 5.80. The summed E-state index contributed by atoms with van der Waals surface area (Å²) in [5, 5.41) is 2.36. The number of benzene rings is 7. The van der Waals surface area contributed by atoms with Crippen molar-refractivity contribution < 1.29 is 4.74 Å². The van der Waals surface area contributed by atoms with E-state index in [-0.39, 0.29) is 0 Å². The van der Waals surface area contributed by atoms with Crippen molar-refractivity contribution in [2.45, 2.75) is 18.8 Å². The molecular formula is C52H36N2O. The van der Waals surface area contributed by atoms with Crippen molar-refractivity contribution in [2.75, 3.05) is 0 Å². The molecule has 2 heterocycles. The molecule has 0 amide bonds. The van der Waals surface area contributed by atoms with Crippen LogP contribution in [-0.4, -0.2) is 9.97 Å². The summed E-state index contributed by atoms with van der Waals surface area (Å²) in [7, 11) is 0. The van der Waals surface area contributed by atoms with E-state index in [1.54, 1.807) is 0 Å². The van der Waals surface area contributed by atoms with E-state index in [9.17, 15) is 0 Å². The zero-order valence-corrected chi connectivity index (χ0v) is 30.4. The van der Waals surface area contributed by atoms with Gasteiger partial charge in [0.15, 0.2) is 5.82 Å².